The summed E-state index contributed by atoms with van der Waals surface area (Å²) in [6.45, 7) is 10.2. The van der Waals surface area contributed by atoms with E-state index in [-0.39, 0.29) is 24.0 Å². The first-order valence-corrected chi connectivity index (χ1v) is 9.09. The van der Waals surface area contributed by atoms with Crippen molar-refractivity contribution in [3.05, 3.63) is 30.1 Å². The highest BCUT2D eigenvalue weighted by molar-refractivity contribution is 14.0. The summed E-state index contributed by atoms with van der Waals surface area (Å²) in [5.74, 6) is 1.93. The number of hydrogen-bond acceptors (Lipinski definition) is 3. The molecular formula is C19H33IN6. The number of aromatic nitrogens is 2. The third-order valence-corrected chi connectivity index (χ3v) is 4.56. The number of rotatable bonds is 8. The molecule has 0 bridgehead atoms. The average molecular weight is 472 g/mol. The smallest absolute Gasteiger partial charge is 0.191 e. The Morgan fingerprint density at radius 1 is 1.23 bits per heavy atom. The first-order valence-electron chi connectivity index (χ1n) is 9.09. The molecule has 1 aromatic carbocycles. The molecule has 0 aliphatic carbocycles. The predicted octanol–water partition coefficient (Wildman–Crippen LogP) is 2.86. The van der Waals surface area contributed by atoms with Crippen LogP contribution < -0.4 is 10.6 Å². The van der Waals surface area contributed by atoms with Gasteiger partial charge >= 0.3 is 0 Å². The number of imidazole rings is 1. The fraction of sp³-hybridized carbons (Fsp3) is 0.579. The molecule has 0 saturated carbocycles. The zero-order valence-electron chi connectivity index (χ0n) is 16.6. The van der Waals surface area contributed by atoms with E-state index in [4.69, 9.17) is 0 Å². The molecule has 1 aromatic heterocycles. The first kappa shape index (κ1) is 22.7. The fourth-order valence-electron chi connectivity index (χ4n) is 2.75. The fourth-order valence-corrected chi connectivity index (χ4v) is 2.75. The van der Waals surface area contributed by atoms with Crippen molar-refractivity contribution in [2.24, 2.45) is 4.99 Å². The highest BCUT2D eigenvalue weighted by atomic mass is 127. The molecule has 0 fully saturated rings. The molecule has 7 heteroatoms. The molecule has 2 rings (SSSR count). The molecule has 0 amide bonds. The molecule has 0 spiro atoms. The van der Waals surface area contributed by atoms with E-state index >= 15 is 0 Å². The number of nitrogens with one attached hydrogen (secondary N) is 2. The summed E-state index contributed by atoms with van der Waals surface area (Å²) in [7, 11) is 3.95. The number of aryl methyl sites for hydroxylation is 2. The van der Waals surface area contributed by atoms with Gasteiger partial charge < -0.3 is 20.1 Å². The van der Waals surface area contributed by atoms with Crippen LogP contribution in [0.2, 0.25) is 0 Å². The zero-order valence-corrected chi connectivity index (χ0v) is 18.9. The quantitative estimate of drug-likeness (QED) is 0.269. The number of guanidine groups is 1. The molecule has 0 saturated heterocycles. The monoisotopic (exact) mass is 472 g/mol. The van der Waals surface area contributed by atoms with Crippen LogP contribution in [0.25, 0.3) is 11.0 Å². The van der Waals surface area contributed by atoms with Crippen molar-refractivity contribution in [2.75, 3.05) is 33.7 Å². The van der Waals surface area contributed by atoms with Gasteiger partial charge in [0, 0.05) is 39.3 Å². The number of benzene rings is 1. The summed E-state index contributed by atoms with van der Waals surface area (Å²) in [5.41, 5.74) is 2.28. The predicted molar refractivity (Wildman–Crippen MR) is 122 cm³/mol. The van der Waals surface area contributed by atoms with Gasteiger partial charge in [0.2, 0.25) is 0 Å². The summed E-state index contributed by atoms with van der Waals surface area (Å²) in [5, 5.41) is 6.76. The Morgan fingerprint density at radius 3 is 2.62 bits per heavy atom. The lowest BCUT2D eigenvalue weighted by Gasteiger charge is -2.21. The van der Waals surface area contributed by atoms with E-state index in [0.717, 1.165) is 49.9 Å². The Balaban J connectivity index is 0.00000338. The van der Waals surface area contributed by atoms with E-state index in [1.54, 1.807) is 0 Å². The summed E-state index contributed by atoms with van der Waals surface area (Å²) >= 11 is 0. The second-order valence-electron chi connectivity index (χ2n) is 6.65. The highest BCUT2D eigenvalue weighted by Gasteiger charge is 2.06. The Bertz CT molecular complexity index is 694. The van der Waals surface area contributed by atoms with Crippen LogP contribution in [0.5, 0.6) is 0 Å². The Labute approximate surface area is 174 Å². The Hall–Kier alpha value is -1.35. The minimum atomic E-state index is 0. The summed E-state index contributed by atoms with van der Waals surface area (Å²) in [4.78, 5) is 11.2. The van der Waals surface area contributed by atoms with Crippen molar-refractivity contribution in [3.8, 4) is 0 Å². The molecule has 26 heavy (non-hydrogen) atoms. The van der Waals surface area contributed by atoms with Crippen LogP contribution in [0, 0.1) is 6.92 Å². The van der Waals surface area contributed by atoms with Crippen LogP contribution in [-0.4, -0.2) is 60.2 Å². The van der Waals surface area contributed by atoms with Crippen LogP contribution in [0.3, 0.4) is 0 Å². The maximum absolute atomic E-state index is 4.62. The van der Waals surface area contributed by atoms with Gasteiger partial charge in [-0.2, -0.15) is 0 Å². The number of likely N-dealkylation sites (N-methyl/N-ethyl adjacent to an activating group) is 1. The minimum absolute atomic E-state index is 0. The van der Waals surface area contributed by atoms with Crippen molar-refractivity contribution in [3.63, 3.8) is 0 Å². The van der Waals surface area contributed by atoms with E-state index in [9.17, 15) is 0 Å². The van der Waals surface area contributed by atoms with Crippen LogP contribution in [0.1, 0.15) is 26.1 Å². The molecule has 0 unspecified atom stereocenters. The van der Waals surface area contributed by atoms with E-state index in [2.05, 4.69) is 76.1 Å². The second kappa shape index (κ2) is 11.4. The summed E-state index contributed by atoms with van der Waals surface area (Å²) < 4.78 is 2.28. The molecule has 0 radical (unpaired) electrons. The highest BCUT2D eigenvalue weighted by Crippen LogP contribution is 2.15. The molecular weight excluding hydrogens is 439 g/mol. The van der Waals surface area contributed by atoms with Crippen molar-refractivity contribution in [1.29, 1.82) is 0 Å². The molecule has 2 aromatic rings. The standard InChI is InChI=1S/C19H32N6.HI/c1-15(2)24(5)14-12-22-19(20-4)21-11-8-13-25-16(3)23-17-9-6-7-10-18(17)25;/h6-7,9-10,15H,8,11-14H2,1-5H3,(H2,20,21,22);1H. The van der Waals surface area contributed by atoms with Crippen molar-refractivity contribution in [1.82, 2.24) is 25.1 Å². The number of hydrogen-bond donors (Lipinski definition) is 2. The number of aliphatic imine (C=N–C) groups is 1. The second-order valence-corrected chi connectivity index (χ2v) is 6.65. The maximum Gasteiger partial charge on any atom is 0.191 e. The van der Waals surface area contributed by atoms with Gasteiger partial charge in [0.25, 0.3) is 0 Å². The molecule has 1 heterocycles. The van der Waals surface area contributed by atoms with Crippen molar-refractivity contribution >= 4 is 41.0 Å². The number of nitrogens with zero attached hydrogens (tertiary/aromatic N) is 4. The van der Waals surface area contributed by atoms with E-state index in [1.807, 2.05) is 13.1 Å². The van der Waals surface area contributed by atoms with Gasteiger partial charge in [-0.25, -0.2) is 4.98 Å². The SMILES string of the molecule is CN=C(NCCCn1c(C)nc2ccccc21)NCCN(C)C(C)C.I. The van der Waals surface area contributed by atoms with Gasteiger partial charge in [0.15, 0.2) is 5.96 Å². The Morgan fingerprint density at radius 2 is 1.92 bits per heavy atom. The number of fused-ring (bicyclic) bond motifs is 1. The average Bonchev–Trinajstić information content (AvgIpc) is 2.92. The largest absolute Gasteiger partial charge is 0.356 e. The number of halogens is 1. The van der Waals surface area contributed by atoms with E-state index in [1.165, 1.54) is 5.52 Å². The molecule has 0 atom stereocenters. The lowest BCUT2D eigenvalue weighted by Crippen LogP contribution is -2.42. The Kier molecular flexibility index (Phi) is 9.93. The van der Waals surface area contributed by atoms with Gasteiger partial charge in [0.1, 0.15) is 5.82 Å². The minimum Gasteiger partial charge on any atom is -0.356 e. The normalized spacial score (nSPS) is 11.9. The molecule has 146 valence electrons. The van der Waals surface area contributed by atoms with Crippen LogP contribution in [0.15, 0.2) is 29.3 Å². The van der Waals surface area contributed by atoms with Gasteiger partial charge in [-0.3, -0.25) is 4.99 Å². The lowest BCUT2D eigenvalue weighted by molar-refractivity contribution is 0.278. The lowest BCUT2D eigenvalue weighted by atomic mass is 10.3. The van der Waals surface area contributed by atoms with Gasteiger partial charge in [0.05, 0.1) is 11.0 Å². The third kappa shape index (κ3) is 6.42. The molecule has 6 nitrogen and oxygen atoms in total. The van der Waals surface area contributed by atoms with E-state index < -0.39 is 0 Å². The van der Waals surface area contributed by atoms with Gasteiger partial charge in [-0.15, -0.1) is 24.0 Å². The third-order valence-electron chi connectivity index (χ3n) is 4.56. The van der Waals surface area contributed by atoms with E-state index in [0.29, 0.717) is 6.04 Å². The molecule has 0 aliphatic rings. The van der Waals surface area contributed by atoms with Crippen LogP contribution in [0.4, 0.5) is 0 Å². The van der Waals surface area contributed by atoms with Gasteiger partial charge in [-0.05, 0) is 46.4 Å². The maximum atomic E-state index is 4.62. The summed E-state index contributed by atoms with van der Waals surface area (Å²) in [6.07, 6.45) is 1.02. The topological polar surface area (TPSA) is 57.5 Å². The molecule has 0 aliphatic heterocycles. The van der Waals surface area contributed by atoms with Crippen LogP contribution in [-0.2, 0) is 6.54 Å². The molecule has 2 N–H and O–H groups in total. The number of para-hydroxylation sites is 2. The van der Waals surface area contributed by atoms with Crippen molar-refractivity contribution in [2.45, 2.75) is 39.8 Å². The first-order chi connectivity index (χ1) is 12.0. The summed E-state index contributed by atoms with van der Waals surface area (Å²) in [6, 6.07) is 8.86. The van der Waals surface area contributed by atoms with Crippen molar-refractivity contribution < 1.29 is 0 Å². The zero-order chi connectivity index (χ0) is 18.2. The van der Waals surface area contributed by atoms with Crippen LogP contribution >= 0.6 is 24.0 Å². The van der Waals surface area contributed by atoms with Gasteiger partial charge in [-0.1, -0.05) is 12.1 Å².